The largest absolute Gasteiger partial charge is 0.432 e. The van der Waals surface area contributed by atoms with Crippen LogP contribution in [0.2, 0.25) is 0 Å². The number of hydrogen-bond acceptors (Lipinski definition) is 3. The van der Waals surface area contributed by atoms with E-state index in [0.717, 1.165) is 16.7 Å². The second kappa shape index (κ2) is 7.99. The molecule has 25 heavy (non-hydrogen) atoms. The van der Waals surface area contributed by atoms with Crippen molar-refractivity contribution in [3.63, 3.8) is 0 Å². The van der Waals surface area contributed by atoms with E-state index in [4.69, 9.17) is 9.47 Å². The molecule has 0 bridgehead atoms. The van der Waals surface area contributed by atoms with Crippen LogP contribution in [-0.2, 0) is 22.4 Å². The molecule has 134 valence electrons. The predicted octanol–water partition coefficient (Wildman–Crippen LogP) is 4.92. The van der Waals surface area contributed by atoms with Crippen LogP contribution in [0, 0.1) is 17.1 Å². The first kappa shape index (κ1) is 19.4. The summed E-state index contributed by atoms with van der Waals surface area (Å²) in [7, 11) is 0. The van der Waals surface area contributed by atoms with Crippen molar-refractivity contribution in [3.8, 4) is 17.3 Å². The van der Waals surface area contributed by atoms with Gasteiger partial charge in [0.05, 0.1) is 15.7 Å². The minimum atomic E-state index is -4.72. The van der Waals surface area contributed by atoms with Gasteiger partial charge in [-0.25, -0.2) is 4.39 Å². The van der Waals surface area contributed by atoms with Crippen LogP contribution in [0.4, 0.5) is 17.6 Å². The molecule has 0 aliphatic heterocycles. The Kier molecular flexibility index (Phi) is 6.21. The van der Waals surface area contributed by atoms with Crippen molar-refractivity contribution in [1.29, 1.82) is 5.26 Å². The topological polar surface area (TPSA) is 47.2 Å². The minimum absolute atomic E-state index is 0.0156. The molecule has 2 rings (SSSR count). The number of alkyl halides is 3. The van der Waals surface area contributed by atoms with Crippen molar-refractivity contribution in [2.45, 2.75) is 19.8 Å². The van der Waals surface area contributed by atoms with Crippen molar-refractivity contribution in [1.82, 2.24) is 4.57 Å². The Morgan fingerprint density at radius 2 is 1.84 bits per heavy atom. The van der Waals surface area contributed by atoms with E-state index in [1.54, 1.807) is 13.0 Å². The van der Waals surface area contributed by atoms with E-state index in [-0.39, 0.29) is 28.1 Å². The fraction of sp³-hybridized carbons (Fsp3) is 0.312. The zero-order valence-corrected chi connectivity index (χ0v) is 14.6. The van der Waals surface area contributed by atoms with E-state index < -0.39 is 24.4 Å². The molecule has 1 aromatic heterocycles. The fourth-order valence-electron chi connectivity index (χ4n) is 2.27. The molecule has 0 saturated carbocycles. The Bertz CT molecular complexity index is 779. The van der Waals surface area contributed by atoms with Gasteiger partial charge in [0.25, 0.3) is 0 Å². The van der Waals surface area contributed by atoms with Crippen LogP contribution in [0.5, 0.6) is 0 Å². The lowest BCUT2D eigenvalue weighted by molar-refractivity contribution is -0.149. The van der Waals surface area contributed by atoms with Gasteiger partial charge < -0.3 is 14.0 Å². The van der Waals surface area contributed by atoms with Gasteiger partial charge in [-0.3, -0.25) is 0 Å². The second-order valence-corrected chi connectivity index (χ2v) is 5.67. The Hall–Kier alpha value is -1.89. The summed E-state index contributed by atoms with van der Waals surface area (Å²) in [4.78, 5) is 0. The van der Waals surface area contributed by atoms with E-state index in [9.17, 15) is 22.8 Å². The summed E-state index contributed by atoms with van der Waals surface area (Å²) < 4.78 is 64.1. The van der Waals surface area contributed by atoms with Gasteiger partial charge in [0.2, 0.25) is 0 Å². The number of rotatable bonds is 6. The fourth-order valence-corrected chi connectivity index (χ4v) is 2.99. The van der Waals surface area contributed by atoms with Gasteiger partial charge in [-0.2, -0.15) is 18.4 Å². The molecule has 0 fully saturated rings. The van der Waals surface area contributed by atoms with E-state index in [1.807, 2.05) is 0 Å². The average Bonchev–Trinajstić information content (AvgIpc) is 2.84. The number of benzene rings is 1. The number of nitrogens with zero attached hydrogens (tertiary/aromatic N) is 2. The smallest absolute Gasteiger partial charge is 0.356 e. The average molecular weight is 421 g/mol. The lowest BCUT2D eigenvalue weighted by Crippen LogP contribution is -2.17. The minimum Gasteiger partial charge on any atom is -0.356 e. The summed E-state index contributed by atoms with van der Waals surface area (Å²) in [5.74, 6) is -0.539. The third-order valence-corrected chi connectivity index (χ3v) is 4.07. The molecule has 1 heterocycles. The van der Waals surface area contributed by atoms with E-state index in [1.165, 1.54) is 12.1 Å². The molecule has 4 nitrogen and oxygen atoms in total. The van der Waals surface area contributed by atoms with Crippen molar-refractivity contribution in [3.05, 3.63) is 45.8 Å². The predicted molar refractivity (Wildman–Crippen MR) is 84.8 cm³/mol. The van der Waals surface area contributed by atoms with Gasteiger partial charge in [0, 0.05) is 6.61 Å². The van der Waals surface area contributed by atoms with Crippen LogP contribution in [0.1, 0.15) is 18.2 Å². The zero-order valence-electron chi connectivity index (χ0n) is 13.0. The maximum atomic E-state index is 13.5. The molecule has 0 aliphatic rings. The van der Waals surface area contributed by atoms with Crippen LogP contribution < -0.4 is 0 Å². The molecule has 0 saturated heterocycles. The third-order valence-electron chi connectivity index (χ3n) is 3.29. The number of hydrogen-bond donors (Lipinski definition) is 0. The molecule has 9 heteroatoms. The maximum Gasteiger partial charge on any atom is 0.432 e. The highest BCUT2D eigenvalue weighted by Crippen LogP contribution is 2.43. The summed E-state index contributed by atoms with van der Waals surface area (Å²) in [5.41, 5.74) is -1.02. The summed E-state index contributed by atoms with van der Waals surface area (Å²) in [6.45, 7) is 1.38. The van der Waals surface area contributed by atoms with Crippen LogP contribution >= 0.6 is 15.9 Å². The van der Waals surface area contributed by atoms with Crippen molar-refractivity contribution in [2.24, 2.45) is 0 Å². The van der Waals surface area contributed by atoms with Gasteiger partial charge in [-0.05, 0) is 52.7 Å². The first-order valence-electron chi connectivity index (χ1n) is 7.12. The number of nitriles is 1. The van der Waals surface area contributed by atoms with E-state index in [2.05, 4.69) is 15.9 Å². The van der Waals surface area contributed by atoms with Crippen LogP contribution in [0.25, 0.3) is 11.3 Å². The summed E-state index contributed by atoms with van der Waals surface area (Å²) in [6, 6.07) is 6.58. The first-order valence-corrected chi connectivity index (χ1v) is 7.91. The Morgan fingerprint density at radius 1 is 1.20 bits per heavy atom. The van der Waals surface area contributed by atoms with Gasteiger partial charge in [-0.1, -0.05) is 0 Å². The van der Waals surface area contributed by atoms with Gasteiger partial charge in [0.1, 0.15) is 31.1 Å². The highest BCUT2D eigenvalue weighted by atomic mass is 79.9. The van der Waals surface area contributed by atoms with Crippen LogP contribution in [-0.4, -0.2) is 18.0 Å². The highest BCUT2D eigenvalue weighted by molar-refractivity contribution is 9.10. The molecule has 0 unspecified atom stereocenters. The molecule has 0 atom stereocenters. The normalized spacial score (nSPS) is 11.6. The number of aromatic nitrogens is 1. The van der Waals surface area contributed by atoms with Crippen LogP contribution in [0.3, 0.4) is 0 Å². The molecular weight excluding hydrogens is 408 g/mol. The number of ether oxygens (including phenoxy) is 2. The SMILES string of the molecule is CCOCOCn1c(-c2ccc(F)cc2)c(C#N)c(Br)c1C(F)(F)F. The molecule has 0 spiro atoms. The molecular formula is C16H13BrF4N2O2. The maximum absolute atomic E-state index is 13.5. The molecule has 0 aliphatic carbocycles. The van der Waals surface area contributed by atoms with Crippen molar-refractivity contribution >= 4 is 15.9 Å². The molecule has 1 aromatic carbocycles. The zero-order chi connectivity index (χ0) is 18.6. The standard InChI is InChI=1S/C16H13BrF4N2O2/c1-2-24-9-25-8-23-14(10-3-5-11(18)6-4-10)12(7-22)13(17)15(23)16(19,20)21/h3-6H,2,8-9H2,1H3. The Balaban J connectivity index is 2.62. The van der Waals surface area contributed by atoms with E-state index in [0.29, 0.717) is 6.61 Å². The van der Waals surface area contributed by atoms with Crippen molar-refractivity contribution < 1.29 is 27.0 Å². The van der Waals surface area contributed by atoms with Gasteiger partial charge >= 0.3 is 6.18 Å². The third kappa shape index (κ3) is 4.21. The second-order valence-electron chi connectivity index (χ2n) is 4.87. The summed E-state index contributed by atoms with van der Waals surface area (Å²) in [6.07, 6.45) is -4.72. The lowest BCUT2D eigenvalue weighted by atomic mass is 10.1. The Labute approximate surface area is 149 Å². The molecule has 2 aromatic rings. The molecule has 0 radical (unpaired) electrons. The summed E-state index contributed by atoms with van der Waals surface area (Å²) in [5, 5.41) is 9.33. The molecule has 0 N–H and O–H groups in total. The monoisotopic (exact) mass is 420 g/mol. The van der Waals surface area contributed by atoms with Gasteiger partial charge in [0.15, 0.2) is 0 Å². The Morgan fingerprint density at radius 3 is 2.36 bits per heavy atom. The first-order chi connectivity index (χ1) is 11.8. The lowest BCUT2D eigenvalue weighted by Gasteiger charge is -2.16. The van der Waals surface area contributed by atoms with E-state index >= 15 is 0 Å². The molecule has 0 amide bonds. The van der Waals surface area contributed by atoms with Crippen molar-refractivity contribution in [2.75, 3.05) is 13.4 Å². The number of halogens is 5. The highest BCUT2D eigenvalue weighted by Gasteiger charge is 2.40. The van der Waals surface area contributed by atoms with Gasteiger partial charge in [-0.15, -0.1) is 0 Å². The summed E-state index contributed by atoms with van der Waals surface area (Å²) >= 11 is 2.86. The quantitative estimate of drug-likeness (QED) is 0.378. The van der Waals surface area contributed by atoms with Crippen LogP contribution in [0.15, 0.2) is 28.7 Å².